The minimum atomic E-state index is 0.727. The quantitative estimate of drug-likeness (QED) is 0.0437. The molecule has 0 spiro atoms. The summed E-state index contributed by atoms with van der Waals surface area (Å²) >= 11 is 0. The second-order valence-electron chi connectivity index (χ2n) is 16.5. The first kappa shape index (κ1) is 49.4. The van der Waals surface area contributed by atoms with E-state index >= 15 is 0 Å². The van der Waals surface area contributed by atoms with E-state index in [0.717, 1.165) is 10.9 Å². The third-order valence-corrected chi connectivity index (χ3v) is 14.0. The van der Waals surface area contributed by atoms with Crippen molar-refractivity contribution in [2.45, 2.75) is 290 Å². The second kappa shape index (κ2) is 46.4. The summed E-state index contributed by atoms with van der Waals surface area (Å²) in [7, 11) is 0.727. The summed E-state index contributed by atoms with van der Waals surface area (Å²) in [4.78, 5) is 0. The standard InChI is InChI=1S/C48H99S/c1-4-7-10-13-16-19-22-25-28-31-34-37-40-43-46-49(47-44-41-38-35-32-29-26-23-20-17-14-11-8-5-2)48-45-42-39-36-33-30-27-24-21-18-15-12-9-6-3/h4-48H2,1-3H3/q+1. The number of hydrogen-bond acceptors (Lipinski definition) is 0. The first-order valence-electron chi connectivity index (χ1n) is 24.0. The maximum absolute atomic E-state index is 2.32. The van der Waals surface area contributed by atoms with Gasteiger partial charge in [-0.3, -0.25) is 0 Å². The monoisotopic (exact) mass is 708 g/mol. The first-order valence-corrected chi connectivity index (χ1v) is 25.7. The van der Waals surface area contributed by atoms with E-state index in [0.29, 0.717) is 0 Å². The summed E-state index contributed by atoms with van der Waals surface area (Å²) in [6.45, 7) is 6.96. The van der Waals surface area contributed by atoms with E-state index in [4.69, 9.17) is 0 Å². The molecule has 0 unspecified atom stereocenters. The SMILES string of the molecule is CCCCCCCCCCCCCCCC[S+](CCCCCCCCCCCCCCCC)CCCCCCCCCCCCCCCC. The summed E-state index contributed by atoms with van der Waals surface area (Å²) in [5.74, 6) is 4.69. The smallest absolute Gasteiger partial charge is 0.0654 e. The molecule has 296 valence electrons. The van der Waals surface area contributed by atoms with Crippen molar-refractivity contribution in [2.75, 3.05) is 17.3 Å². The van der Waals surface area contributed by atoms with Gasteiger partial charge < -0.3 is 0 Å². The fourth-order valence-corrected chi connectivity index (χ4v) is 10.3. The van der Waals surface area contributed by atoms with Crippen LogP contribution in [-0.4, -0.2) is 17.3 Å². The lowest BCUT2D eigenvalue weighted by Gasteiger charge is -2.10. The molecule has 0 saturated heterocycles. The van der Waals surface area contributed by atoms with Crippen LogP contribution in [0.2, 0.25) is 0 Å². The van der Waals surface area contributed by atoms with Crippen molar-refractivity contribution in [3.8, 4) is 0 Å². The average Bonchev–Trinajstić information content (AvgIpc) is 3.11. The molecule has 0 rings (SSSR count). The Kier molecular flexibility index (Phi) is 46.7. The van der Waals surface area contributed by atoms with Crippen LogP contribution in [0.1, 0.15) is 290 Å². The zero-order valence-electron chi connectivity index (χ0n) is 35.2. The highest BCUT2D eigenvalue weighted by Gasteiger charge is 2.16. The van der Waals surface area contributed by atoms with Crippen molar-refractivity contribution in [3.63, 3.8) is 0 Å². The van der Waals surface area contributed by atoms with Crippen LogP contribution in [0.25, 0.3) is 0 Å². The van der Waals surface area contributed by atoms with E-state index in [9.17, 15) is 0 Å². The highest BCUT2D eigenvalue weighted by atomic mass is 32.2. The minimum absolute atomic E-state index is 0.727. The van der Waals surface area contributed by atoms with Gasteiger partial charge in [-0.25, -0.2) is 0 Å². The fraction of sp³-hybridized carbons (Fsp3) is 1.00. The van der Waals surface area contributed by atoms with Crippen LogP contribution in [0.3, 0.4) is 0 Å². The third kappa shape index (κ3) is 44.4. The molecule has 0 saturated carbocycles. The Bertz CT molecular complexity index is 467. The number of unbranched alkanes of at least 4 members (excludes halogenated alkanes) is 39. The van der Waals surface area contributed by atoms with Gasteiger partial charge >= 0.3 is 0 Å². The zero-order chi connectivity index (χ0) is 35.4. The van der Waals surface area contributed by atoms with Crippen molar-refractivity contribution in [3.05, 3.63) is 0 Å². The van der Waals surface area contributed by atoms with E-state index in [2.05, 4.69) is 20.8 Å². The molecule has 0 aliphatic heterocycles. The van der Waals surface area contributed by atoms with Gasteiger partial charge in [0.05, 0.1) is 0 Å². The van der Waals surface area contributed by atoms with E-state index in [1.54, 1.807) is 17.3 Å². The average molecular weight is 708 g/mol. The summed E-state index contributed by atoms with van der Waals surface area (Å²) in [6.07, 6.45) is 62.3. The zero-order valence-corrected chi connectivity index (χ0v) is 36.0. The normalized spacial score (nSPS) is 11.8. The van der Waals surface area contributed by atoms with Gasteiger partial charge in [-0.05, 0) is 49.4 Å². The lowest BCUT2D eigenvalue weighted by Crippen LogP contribution is -2.17. The molecule has 0 fully saturated rings. The van der Waals surface area contributed by atoms with Gasteiger partial charge in [0.25, 0.3) is 0 Å². The Balaban J connectivity index is 3.93. The summed E-state index contributed by atoms with van der Waals surface area (Å²) in [5, 5.41) is 0. The van der Waals surface area contributed by atoms with Gasteiger partial charge in [0.15, 0.2) is 0 Å². The molecule has 0 atom stereocenters. The van der Waals surface area contributed by atoms with Crippen molar-refractivity contribution >= 4 is 10.9 Å². The topological polar surface area (TPSA) is 0 Å². The summed E-state index contributed by atoms with van der Waals surface area (Å²) in [6, 6.07) is 0. The molecule has 0 aromatic rings. The van der Waals surface area contributed by atoms with Gasteiger partial charge in [-0.15, -0.1) is 0 Å². The molecule has 0 nitrogen and oxygen atoms in total. The Hall–Kier alpha value is 0.350. The van der Waals surface area contributed by atoms with Crippen LogP contribution < -0.4 is 0 Å². The summed E-state index contributed by atoms with van der Waals surface area (Å²) in [5.41, 5.74) is 0. The highest BCUT2D eigenvalue weighted by Crippen LogP contribution is 2.18. The summed E-state index contributed by atoms with van der Waals surface area (Å²) < 4.78 is 0. The van der Waals surface area contributed by atoms with E-state index in [-0.39, 0.29) is 0 Å². The predicted octanol–water partition coefficient (Wildman–Crippen LogP) is 18.0. The predicted molar refractivity (Wildman–Crippen MR) is 233 cm³/mol. The number of hydrogen-bond donors (Lipinski definition) is 0. The molecular weight excluding hydrogens is 609 g/mol. The van der Waals surface area contributed by atoms with Crippen LogP contribution in [0.5, 0.6) is 0 Å². The molecule has 0 aliphatic rings. The Morgan fingerprint density at radius 3 is 0.429 bits per heavy atom. The Morgan fingerprint density at radius 2 is 0.286 bits per heavy atom. The molecule has 49 heavy (non-hydrogen) atoms. The van der Waals surface area contributed by atoms with Crippen LogP contribution >= 0.6 is 0 Å². The maximum atomic E-state index is 2.32. The van der Waals surface area contributed by atoms with Crippen molar-refractivity contribution in [2.24, 2.45) is 0 Å². The van der Waals surface area contributed by atoms with Gasteiger partial charge in [0, 0.05) is 0 Å². The van der Waals surface area contributed by atoms with Crippen LogP contribution in [0.4, 0.5) is 0 Å². The molecule has 0 aromatic heterocycles. The van der Waals surface area contributed by atoms with Crippen LogP contribution in [0, 0.1) is 0 Å². The van der Waals surface area contributed by atoms with Gasteiger partial charge in [0.2, 0.25) is 0 Å². The van der Waals surface area contributed by atoms with Crippen LogP contribution in [0.15, 0.2) is 0 Å². The molecule has 0 bridgehead atoms. The fourth-order valence-electron chi connectivity index (χ4n) is 7.81. The molecule has 1 heteroatoms. The largest absolute Gasteiger partial charge is 0.108 e. The van der Waals surface area contributed by atoms with Gasteiger partial charge in [0.1, 0.15) is 17.3 Å². The minimum Gasteiger partial charge on any atom is -0.0654 e. The molecule has 0 heterocycles. The maximum Gasteiger partial charge on any atom is 0.108 e. The molecule has 0 aromatic carbocycles. The highest BCUT2D eigenvalue weighted by molar-refractivity contribution is 7.96. The van der Waals surface area contributed by atoms with Crippen molar-refractivity contribution in [1.82, 2.24) is 0 Å². The lowest BCUT2D eigenvalue weighted by atomic mass is 10.0. The van der Waals surface area contributed by atoms with Crippen molar-refractivity contribution in [1.29, 1.82) is 0 Å². The number of rotatable bonds is 45. The van der Waals surface area contributed by atoms with E-state index in [1.807, 2.05) is 0 Å². The molecular formula is C48H99S+. The Labute approximate surface area is 317 Å². The first-order chi connectivity index (χ1) is 24.3. The molecule has 0 N–H and O–H groups in total. The van der Waals surface area contributed by atoms with Gasteiger partial charge in [-0.1, -0.05) is 252 Å². The second-order valence-corrected chi connectivity index (χ2v) is 19.0. The van der Waals surface area contributed by atoms with E-state index < -0.39 is 0 Å². The van der Waals surface area contributed by atoms with Crippen LogP contribution in [-0.2, 0) is 10.9 Å². The molecule has 0 aliphatic carbocycles. The van der Waals surface area contributed by atoms with Gasteiger partial charge in [-0.2, -0.15) is 0 Å². The molecule has 0 amide bonds. The Morgan fingerprint density at radius 1 is 0.163 bits per heavy atom. The third-order valence-electron chi connectivity index (χ3n) is 11.4. The molecule has 0 radical (unpaired) electrons. The lowest BCUT2D eigenvalue weighted by molar-refractivity contribution is 0.537. The van der Waals surface area contributed by atoms with Crippen molar-refractivity contribution < 1.29 is 0 Å². The van der Waals surface area contributed by atoms with E-state index in [1.165, 1.54) is 270 Å².